The largest absolute Gasteiger partial charge is 0.478 e. The zero-order valence-corrected chi connectivity index (χ0v) is 25.4. The first kappa shape index (κ1) is 32.0. The van der Waals surface area contributed by atoms with Gasteiger partial charge in [-0.3, -0.25) is 4.79 Å². The fourth-order valence-corrected chi connectivity index (χ4v) is 6.01. The average Bonchev–Trinajstić information content (AvgIpc) is 3.56. The normalized spacial score (nSPS) is 16.3. The van der Waals surface area contributed by atoms with Gasteiger partial charge in [-0.05, 0) is 67.0 Å². The van der Waals surface area contributed by atoms with E-state index in [1.807, 2.05) is 36.4 Å². The molecule has 0 radical (unpaired) electrons. The van der Waals surface area contributed by atoms with Gasteiger partial charge in [0.25, 0.3) is 11.9 Å². The third kappa shape index (κ3) is 7.74. The summed E-state index contributed by atoms with van der Waals surface area (Å²) in [7, 11) is 0. The van der Waals surface area contributed by atoms with Crippen LogP contribution in [-0.2, 0) is 17.5 Å². The molecule has 10 nitrogen and oxygen atoms in total. The fourth-order valence-electron chi connectivity index (χ4n) is 6.01. The number of ether oxygens (including phenoxy) is 1. The maximum Gasteiger partial charge on any atom is 0.437 e. The lowest BCUT2D eigenvalue weighted by Crippen LogP contribution is -2.37. The van der Waals surface area contributed by atoms with Crippen LogP contribution in [0.2, 0.25) is 0 Å². The number of oxazole rings is 1. The van der Waals surface area contributed by atoms with Gasteiger partial charge in [-0.1, -0.05) is 42.5 Å². The van der Waals surface area contributed by atoms with Gasteiger partial charge in [-0.2, -0.15) is 18.2 Å². The number of aromatic carboxylic acids is 1. The van der Waals surface area contributed by atoms with Gasteiger partial charge >= 0.3 is 12.1 Å². The van der Waals surface area contributed by atoms with Crippen LogP contribution >= 0.6 is 0 Å². The highest BCUT2D eigenvalue weighted by molar-refractivity contribution is 6.03. The molecular weight excluding hydrogens is 615 g/mol. The van der Waals surface area contributed by atoms with Gasteiger partial charge in [0.15, 0.2) is 5.69 Å². The number of aromatic nitrogens is 2. The molecule has 0 saturated carbocycles. The second-order valence-electron chi connectivity index (χ2n) is 11.7. The van der Waals surface area contributed by atoms with E-state index >= 15 is 0 Å². The zero-order chi connectivity index (χ0) is 33.0. The predicted octanol–water partition coefficient (Wildman–Crippen LogP) is 6.61. The highest BCUT2D eigenvalue weighted by Crippen LogP contribution is 2.36. The monoisotopic (exact) mass is 649 g/mol. The Labute approximate surface area is 269 Å². The number of carbonyl (C=O) groups is 2. The lowest BCUT2D eigenvalue weighted by atomic mass is 9.90. The van der Waals surface area contributed by atoms with Crippen LogP contribution in [0.3, 0.4) is 0 Å². The molecule has 6 rings (SSSR count). The minimum Gasteiger partial charge on any atom is -0.478 e. The first-order valence-corrected chi connectivity index (χ1v) is 15.5. The summed E-state index contributed by atoms with van der Waals surface area (Å²) >= 11 is 0. The number of carbonyl (C=O) groups excluding carboxylic acids is 1. The molecule has 13 heteroatoms. The Morgan fingerprint density at radius 3 is 2.32 bits per heavy atom. The van der Waals surface area contributed by atoms with Crippen LogP contribution in [-0.4, -0.2) is 59.2 Å². The quantitative estimate of drug-likeness (QED) is 0.206. The average molecular weight is 650 g/mol. The number of nitrogens with zero attached hydrogens (tertiary/aromatic N) is 4. The van der Waals surface area contributed by atoms with E-state index in [1.165, 1.54) is 17.8 Å². The molecule has 4 aromatic rings. The number of benzene rings is 2. The Balaban J connectivity index is 1.03. The maximum atomic E-state index is 13.9. The first-order valence-electron chi connectivity index (χ1n) is 15.5. The smallest absolute Gasteiger partial charge is 0.437 e. The molecule has 2 aromatic carbocycles. The van der Waals surface area contributed by atoms with E-state index in [2.05, 4.69) is 20.2 Å². The molecule has 246 valence electrons. The number of amides is 1. The first-order chi connectivity index (χ1) is 22.6. The van der Waals surface area contributed by atoms with Crippen LogP contribution in [0.1, 0.15) is 69.3 Å². The molecule has 2 N–H and O–H groups in total. The van der Waals surface area contributed by atoms with Crippen molar-refractivity contribution >= 4 is 29.4 Å². The summed E-state index contributed by atoms with van der Waals surface area (Å²) in [5, 5.41) is 11.6. The summed E-state index contributed by atoms with van der Waals surface area (Å²) < 4.78 is 53.2. The van der Waals surface area contributed by atoms with Crippen LogP contribution < -0.4 is 15.1 Å². The summed E-state index contributed by atoms with van der Waals surface area (Å²) in [6, 6.07) is 19.7. The Bertz CT molecular complexity index is 1680. The van der Waals surface area contributed by atoms with Gasteiger partial charge in [-0.15, -0.1) is 0 Å². The Morgan fingerprint density at radius 2 is 1.66 bits per heavy atom. The molecule has 2 fully saturated rings. The lowest BCUT2D eigenvalue weighted by Gasteiger charge is -2.32. The topological polar surface area (TPSA) is 121 Å². The number of hydrogen-bond donors (Lipinski definition) is 2. The maximum absolute atomic E-state index is 13.9. The zero-order valence-electron chi connectivity index (χ0n) is 25.4. The highest BCUT2D eigenvalue weighted by Gasteiger charge is 2.42. The molecule has 0 unspecified atom stereocenters. The summed E-state index contributed by atoms with van der Waals surface area (Å²) in [5.74, 6) is -1.98. The van der Waals surface area contributed by atoms with Crippen molar-refractivity contribution in [2.75, 3.05) is 41.3 Å². The Kier molecular flexibility index (Phi) is 9.43. The van der Waals surface area contributed by atoms with Gasteiger partial charge in [0.1, 0.15) is 5.82 Å². The third-order valence-corrected chi connectivity index (χ3v) is 8.56. The number of pyridine rings is 1. The van der Waals surface area contributed by atoms with E-state index in [0.29, 0.717) is 38.6 Å². The van der Waals surface area contributed by atoms with Gasteiger partial charge in [-0.25, -0.2) is 9.78 Å². The lowest BCUT2D eigenvalue weighted by molar-refractivity contribution is -0.141. The predicted molar refractivity (Wildman–Crippen MR) is 168 cm³/mol. The van der Waals surface area contributed by atoms with Crippen molar-refractivity contribution in [3.8, 4) is 0 Å². The van der Waals surface area contributed by atoms with Crippen LogP contribution in [0, 0.1) is 0 Å². The summed E-state index contributed by atoms with van der Waals surface area (Å²) in [5.41, 5.74) is 1.05. The minimum absolute atomic E-state index is 0.00291. The molecule has 0 spiro atoms. The molecule has 2 aliphatic heterocycles. The van der Waals surface area contributed by atoms with E-state index in [1.54, 1.807) is 29.2 Å². The Hall–Kier alpha value is -4.91. The number of piperidine rings is 2. The van der Waals surface area contributed by atoms with Crippen molar-refractivity contribution in [3.63, 3.8) is 0 Å². The van der Waals surface area contributed by atoms with Crippen molar-refractivity contribution in [2.45, 2.75) is 50.5 Å². The van der Waals surface area contributed by atoms with Gasteiger partial charge in [0, 0.05) is 26.2 Å². The standard InChI is InChI=1S/C34H34F3N5O5/c35-34(36,37)30-29(47-33(40-30)42-15-11-24(12-16-42)23-6-2-1-3-7-23)31(43)39-26-9-10-28(38-20-26)41-17-13-27(14-18-41)46-21-22-5-4-8-25(19-22)32(44)45/h1-10,19-20,24,27H,11-18,21H2,(H,39,43)(H,44,45). The Morgan fingerprint density at radius 1 is 0.936 bits per heavy atom. The molecule has 1 amide bonds. The van der Waals surface area contributed by atoms with Crippen LogP contribution in [0.5, 0.6) is 0 Å². The number of carboxylic acids is 1. The van der Waals surface area contributed by atoms with E-state index in [-0.39, 0.29) is 29.3 Å². The van der Waals surface area contributed by atoms with Crippen molar-refractivity contribution < 1.29 is 37.0 Å². The summed E-state index contributed by atoms with van der Waals surface area (Å²) in [4.78, 5) is 36.0. The molecular formula is C34H34F3N5O5. The minimum atomic E-state index is -4.88. The third-order valence-electron chi connectivity index (χ3n) is 8.56. The van der Waals surface area contributed by atoms with Crippen LogP contribution in [0.15, 0.2) is 77.3 Å². The molecule has 0 bridgehead atoms. The number of rotatable bonds is 9. The van der Waals surface area contributed by atoms with E-state index in [0.717, 1.165) is 31.2 Å². The van der Waals surface area contributed by atoms with Crippen molar-refractivity contribution in [3.05, 3.63) is 101 Å². The number of hydrogen-bond acceptors (Lipinski definition) is 8. The highest BCUT2D eigenvalue weighted by atomic mass is 19.4. The summed E-state index contributed by atoms with van der Waals surface area (Å²) in [6.07, 6.45) is -0.570. The van der Waals surface area contributed by atoms with Crippen LogP contribution in [0.4, 0.5) is 30.7 Å². The fraction of sp³-hybridized carbons (Fsp3) is 0.353. The molecule has 47 heavy (non-hydrogen) atoms. The summed E-state index contributed by atoms with van der Waals surface area (Å²) in [6.45, 7) is 2.55. The number of halogens is 3. The van der Waals surface area contributed by atoms with Gasteiger partial charge < -0.3 is 29.4 Å². The van der Waals surface area contributed by atoms with Crippen LogP contribution in [0.25, 0.3) is 0 Å². The van der Waals surface area contributed by atoms with Crippen molar-refractivity contribution in [1.29, 1.82) is 0 Å². The van der Waals surface area contributed by atoms with E-state index in [4.69, 9.17) is 9.15 Å². The SMILES string of the molecule is O=C(O)c1cccc(COC2CCN(c3ccc(NC(=O)c4oc(N5CCC(c6ccccc6)CC5)nc4C(F)(F)F)cn3)CC2)c1. The molecule has 0 aliphatic carbocycles. The van der Waals surface area contributed by atoms with Crippen molar-refractivity contribution in [1.82, 2.24) is 9.97 Å². The number of alkyl halides is 3. The second-order valence-corrected chi connectivity index (χ2v) is 11.7. The van der Waals surface area contributed by atoms with E-state index < -0.39 is 29.5 Å². The number of anilines is 3. The molecule has 2 aromatic heterocycles. The van der Waals surface area contributed by atoms with E-state index in [9.17, 15) is 27.9 Å². The van der Waals surface area contributed by atoms with Gasteiger partial charge in [0.05, 0.1) is 30.2 Å². The molecule has 2 saturated heterocycles. The molecule has 0 atom stereocenters. The second kappa shape index (κ2) is 13.8. The molecule has 4 heterocycles. The molecule has 2 aliphatic rings. The number of nitrogens with one attached hydrogen (secondary N) is 1. The van der Waals surface area contributed by atoms with Crippen molar-refractivity contribution in [2.24, 2.45) is 0 Å². The van der Waals surface area contributed by atoms with Gasteiger partial charge in [0.2, 0.25) is 5.76 Å². The number of carboxylic acid groups (broad SMARTS) is 1.